The van der Waals surface area contributed by atoms with E-state index in [1.807, 2.05) is 18.2 Å². The second-order valence-corrected chi connectivity index (χ2v) is 8.71. The third-order valence-corrected chi connectivity index (χ3v) is 6.62. The monoisotopic (exact) mass is 422 g/mol. The number of anilines is 3. The molecule has 0 bridgehead atoms. The first-order valence-electron chi connectivity index (χ1n) is 10.1. The van der Waals surface area contributed by atoms with Gasteiger partial charge in [0, 0.05) is 18.8 Å². The van der Waals surface area contributed by atoms with Crippen molar-refractivity contribution >= 4 is 49.9 Å². The molecule has 0 unspecified atom stereocenters. The molecule has 0 spiro atoms. The first kappa shape index (κ1) is 18.9. The summed E-state index contributed by atoms with van der Waals surface area (Å²) in [6, 6.07) is 13.4. The fraction of sp³-hybridized carbons (Fsp3) is 0.318. The average Bonchev–Trinajstić information content (AvgIpc) is 3.19. The van der Waals surface area contributed by atoms with Gasteiger partial charge in [-0.3, -0.25) is 9.59 Å². The Morgan fingerprint density at radius 1 is 1.30 bits per heavy atom. The normalized spacial score (nSPS) is 21.0. The van der Waals surface area contributed by atoms with Gasteiger partial charge in [-0.25, -0.2) is 4.98 Å². The molecule has 154 valence electrons. The largest absolute Gasteiger partial charge is 0.479 e. The number of nitrogens with one attached hydrogen (secondary N) is 2. The first-order valence-corrected chi connectivity index (χ1v) is 10.9. The summed E-state index contributed by atoms with van der Waals surface area (Å²) in [5, 5.41) is 6.78. The van der Waals surface area contributed by atoms with Crippen LogP contribution in [0, 0.1) is 5.92 Å². The van der Waals surface area contributed by atoms with Crippen LogP contribution in [0.15, 0.2) is 42.5 Å². The van der Waals surface area contributed by atoms with Crippen molar-refractivity contribution in [3.05, 3.63) is 42.5 Å². The molecule has 0 radical (unpaired) electrons. The number of para-hydroxylation sites is 1. The molecule has 0 saturated carbocycles. The molecule has 3 aromatic rings. The Morgan fingerprint density at radius 2 is 2.17 bits per heavy atom. The molecule has 1 saturated heterocycles. The summed E-state index contributed by atoms with van der Waals surface area (Å²) in [5.74, 6) is 0.286. The Balaban J connectivity index is 1.28. The summed E-state index contributed by atoms with van der Waals surface area (Å²) in [7, 11) is 0. The van der Waals surface area contributed by atoms with Crippen LogP contribution in [0.5, 0.6) is 5.75 Å². The number of benzene rings is 2. The van der Waals surface area contributed by atoms with E-state index in [-0.39, 0.29) is 17.7 Å². The van der Waals surface area contributed by atoms with E-state index in [1.54, 1.807) is 36.5 Å². The van der Waals surface area contributed by atoms with Gasteiger partial charge in [0.15, 0.2) is 11.2 Å². The van der Waals surface area contributed by atoms with Crippen molar-refractivity contribution < 1.29 is 14.3 Å². The Hall–Kier alpha value is -3.13. The van der Waals surface area contributed by atoms with Crippen LogP contribution < -0.4 is 20.3 Å². The standard InChI is InChI=1S/C22H22N4O3S/c1-13-20(27)24-17-11-15(8-9-18(17)29-13)23-21(28)14-5-4-10-26(12-14)22-25-16-6-2-3-7-19(16)30-22/h2-3,6-9,11,13-14H,4-5,10,12H2,1H3,(H,23,28)(H,24,27)/t13-,14-/m1/s1. The maximum Gasteiger partial charge on any atom is 0.265 e. The van der Waals surface area contributed by atoms with Gasteiger partial charge in [0.05, 0.1) is 21.8 Å². The van der Waals surface area contributed by atoms with E-state index < -0.39 is 6.10 Å². The number of piperidine rings is 1. The number of rotatable bonds is 3. The zero-order valence-electron chi connectivity index (χ0n) is 16.6. The lowest BCUT2D eigenvalue weighted by Gasteiger charge is -2.31. The third kappa shape index (κ3) is 3.59. The summed E-state index contributed by atoms with van der Waals surface area (Å²) < 4.78 is 6.73. The highest BCUT2D eigenvalue weighted by Crippen LogP contribution is 2.34. The van der Waals surface area contributed by atoms with Crippen LogP contribution >= 0.6 is 11.3 Å². The lowest BCUT2D eigenvalue weighted by atomic mass is 9.97. The van der Waals surface area contributed by atoms with Gasteiger partial charge in [-0.15, -0.1) is 0 Å². The number of ether oxygens (including phenoxy) is 1. The number of hydrogen-bond donors (Lipinski definition) is 2. The van der Waals surface area contributed by atoms with Gasteiger partial charge in [-0.2, -0.15) is 0 Å². The second-order valence-electron chi connectivity index (χ2n) is 7.70. The number of carbonyl (C=O) groups excluding carboxylic acids is 2. The van der Waals surface area contributed by atoms with Crippen LogP contribution in [0.25, 0.3) is 10.2 Å². The van der Waals surface area contributed by atoms with Crippen molar-refractivity contribution in [2.24, 2.45) is 5.92 Å². The van der Waals surface area contributed by atoms with Gasteiger partial charge in [0.1, 0.15) is 5.75 Å². The summed E-state index contributed by atoms with van der Waals surface area (Å²) in [4.78, 5) is 31.7. The van der Waals surface area contributed by atoms with E-state index in [0.29, 0.717) is 23.7 Å². The summed E-state index contributed by atoms with van der Waals surface area (Å²) in [5.41, 5.74) is 2.22. The maximum absolute atomic E-state index is 12.9. The highest BCUT2D eigenvalue weighted by molar-refractivity contribution is 7.22. The van der Waals surface area contributed by atoms with Crippen LogP contribution in [-0.4, -0.2) is 36.0 Å². The second kappa shape index (κ2) is 7.60. The van der Waals surface area contributed by atoms with Crippen LogP contribution in [0.3, 0.4) is 0 Å². The quantitative estimate of drug-likeness (QED) is 0.669. The van der Waals surface area contributed by atoms with E-state index in [4.69, 9.17) is 9.72 Å². The van der Waals surface area contributed by atoms with Crippen LogP contribution in [-0.2, 0) is 9.59 Å². The molecule has 2 atom stereocenters. The molecule has 2 aliphatic heterocycles. The number of fused-ring (bicyclic) bond motifs is 2. The molecule has 2 aromatic carbocycles. The zero-order valence-corrected chi connectivity index (χ0v) is 17.4. The highest BCUT2D eigenvalue weighted by Gasteiger charge is 2.28. The third-order valence-electron chi connectivity index (χ3n) is 5.52. The van der Waals surface area contributed by atoms with Crippen LogP contribution in [0.1, 0.15) is 19.8 Å². The predicted molar refractivity (Wildman–Crippen MR) is 118 cm³/mol. The molecule has 1 fully saturated rings. The molecule has 5 rings (SSSR count). The first-order chi connectivity index (χ1) is 14.6. The van der Waals surface area contributed by atoms with Gasteiger partial charge < -0.3 is 20.3 Å². The fourth-order valence-electron chi connectivity index (χ4n) is 3.89. The summed E-state index contributed by atoms with van der Waals surface area (Å²) in [6.45, 7) is 3.26. The molecule has 1 aromatic heterocycles. The minimum Gasteiger partial charge on any atom is -0.479 e. The molecule has 7 nitrogen and oxygen atoms in total. The van der Waals surface area contributed by atoms with Gasteiger partial charge >= 0.3 is 0 Å². The van der Waals surface area contributed by atoms with E-state index in [0.717, 1.165) is 34.7 Å². The van der Waals surface area contributed by atoms with Gasteiger partial charge in [-0.1, -0.05) is 23.5 Å². The average molecular weight is 423 g/mol. The lowest BCUT2D eigenvalue weighted by molar-refractivity contribution is -0.122. The van der Waals surface area contributed by atoms with E-state index >= 15 is 0 Å². The number of amides is 2. The molecular formula is C22H22N4O3S. The molecule has 2 aliphatic rings. The Bertz CT molecular complexity index is 1100. The number of carbonyl (C=O) groups is 2. The fourth-order valence-corrected chi connectivity index (χ4v) is 4.89. The van der Waals surface area contributed by atoms with Crippen molar-refractivity contribution in [1.29, 1.82) is 0 Å². The number of hydrogen-bond acceptors (Lipinski definition) is 6. The van der Waals surface area contributed by atoms with Gasteiger partial charge in [-0.05, 0) is 50.1 Å². The molecular weight excluding hydrogens is 400 g/mol. The van der Waals surface area contributed by atoms with Crippen molar-refractivity contribution in [1.82, 2.24) is 4.98 Å². The predicted octanol–water partition coefficient (Wildman–Crippen LogP) is 3.87. The zero-order chi connectivity index (χ0) is 20.7. The van der Waals surface area contributed by atoms with Gasteiger partial charge in [0.2, 0.25) is 5.91 Å². The smallest absolute Gasteiger partial charge is 0.265 e. The van der Waals surface area contributed by atoms with Crippen molar-refractivity contribution in [3.63, 3.8) is 0 Å². The van der Waals surface area contributed by atoms with E-state index in [9.17, 15) is 9.59 Å². The number of thiazole rings is 1. The highest BCUT2D eigenvalue weighted by atomic mass is 32.1. The molecule has 8 heteroatoms. The lowest BCUT2D eigenvalue weighted by Crippen LogP contribution is -2.40. The summed E-state index contributed by atoms with van der Waals surface area (Å²) >= 11 is 1.67. The Morgan fingerprint density at radius 3 is 3.03 bits per heavy atom. The minimum absolute atomic E-state index is 0.0165. The SMILES string of the molecule is C[C@H]1Oc2ccc(NC(=O)[C@@H]3CCCN(c4nc5ccccc5s4)C3)cc2NC1=O. The number of aromatic nitrogens is 1. The number of nitrogens with zero attached hydrogens (tertiary/aromatic N) is 2. The van der Waals surface area contributed by atoms with Crippen molar-refractivity contribution in [2.45, 2.75) is 25.9 Å². The van der Waals surface area contributed by atoms with Gasteiger partial charge in [0.25, 0.3) is 5.91 Å². The van der Waals surface area contributed by atoms with E-state index in [1.165, 1.54) is 0 Å². The minimum atomic E-state index is -0.520. The maximum atomic E-state index is 12.9. The summed E-state index contributed by atoms with van der Waals surface area (Å²) in [6.07, 6.45) is 1.27. The van der Waals surface area contributed by atoms with Crippen LogP contribution in [0.4, 0.5) is 16.5 Å². The van der Waals surface area contributed by atoms with Crippen LogP contribution in [0.2, 0.25) is 0 Å². The molecule has 2 amide bonds. The topological polar surface area (TPSA) is 83.6 Å². The molecule has 0 aliphatic carbocycles. The van der Waals surface area contributed by atoms with Crippen molar-refractivity contribution in [2.75, 3.05) is 28.6 Å². The molecule has 2 N–H and O–H groups in total. The van der Waals surface area contributed by atoms with Crippen molar-refractivity contribution in [3.8, 4) is 5.75 Å². The Labute approximate surface area is 178 Å². The molecule has 3 heterocycles. The molecule has 30 heavy (non-hydrogen) atoms. The Kier molecular flexibility index (Phi) is 4.78. The van der Waals surface area contributed by atoms with E-state index in [2.05, 4.69) is 21.6 Å².